The topological polar surface area (TPSA) is 83.8 Å². The van der Waals surface area contributed by atoms with Gasteiger partial charge in [0.1, 0.15) is 5.82 Å². The van der Waals surface area contributed by atoms with Crippen LogP contribution in [-0.4, -0.2) is 16.5 Å². The van der Waals surface area contributed by atoms with Crippen LogP contribution < -0.4 is 16.6 Å². The van der Waals surface area contributed by atoms with Crippen molar-refractivity contribution >= 4 is 29.2 Å². The fraction of sp³-hybridized carbons (Fsp3) is 0.286. The molecule has 112 valence electrons. The van der Waals surface area contributed by atoms with Gasteiger partial charge in [-0.2, -0.15) is 0 Å². The number of rotatable bonds is 6. The number of H-pyrrole nitrogens is 1. The molecule has 0 aliphatic heterocycles. The second-order valence-electron chi connectivity index (χ2n) is 4.51. The first-order valence-electron chi connectivity index (χ1n) is 6.62. The van der Waals surface area contributed by atoms with E-state index in [2.05, 4.69) is 22.2 Å². The average Bonchev–Trinajstić information content (AvgIpc) is 2.40. The van der Waals surface area contributed by atoms with Gasteiger partial charge in [0.15, 0.2) is 5.16 Å². The molecule has 0 aliphatic carbocycles. The molecule has 0 saturated heterocycles. The van der Waals surface area contributed by atoms with Crippen molar-refractivity contribution in [2.75, 3.05) is 12.3 Å². The minimum atomic E-state index is -0.267. The van der Waals surface area contributed by atoms with E-state index in [-0.39, 0.29) is 11.4 Å². The molecular weight excluding hydrogens is 308 g/mol. The van der Waals surface area contributed by atoms with E-state index in [1.54, 1.807) is 0 Å². The van der Waals surface area contributed by atoms with Crippen LogP contribution in [0.4, 0.5) is 5.82 Å². The summed E-state index contributed by atoms with van der Waals surface area (Å²) in [5.41, 5.74) is 6.33. The van der Waals surface area contributed by atoms with Crippen molar-refractivity contribution in [3.05, 3.63) is 45.2 Å². The van der Waals surface area contributed by atoms with Gasteiger partial charge < -0.3 is 16.0 Å². The highest BCUT2D eigenvalue weighted by Gasteiger charge is 2.05. The molecule has 1 aromatic carbocycles. The normalized spacial score (nSPS) is 10.8. The van der Waals surface area contributed by atoms with Gasteiger partial charge in [0.05, 0.1) is 0 Å². The van der Waals surface area contributed by atoms with Crippen molar-refractivity contribution in [1.82, 2.24) is 15.3 Å². The number of aromatic nitrogens is 2. The van der Waals surface area contributed by atoms with Gasteiger partial charge in [-0.05, 0) is 30.7 Å². The largest absolute Gasteiger partial charge is 0.383 e. The first-order valence-corrected chi connectivity index (χ1v) is 7.81. The van der Waals surface area contributed by atoms with Gasteiger partial charge in [-0.1, -0.05) is 36.4 Å². The van der Waals surface area contributed by atoms with Crippen molar-refractivity contribution in [1.29, 1.82) is 0 Å². The number of anilines is 1. The first kappa shape index (κ1) is 15.9. The molecule has 0 spiro atoms. The second-order valence-corrected chi connectivity index (χ2v) is 5.98. The summed E-state index contributed by atoms with van der Waals surface area (Å²) in [6.07, 6.45) is 1.08. The molecule has 4 N–H and O–H groups in total. The molecule has 2 aromatic rings. The Bertz CT molecular complexity index is 674. The third-order valence-electron chi connectivity index (χ3n) is 2.72. The van der Waals surface area contributed by atoms with E-state index in [0.29, 0.717) is 10.2 Å². The zero-order chi connectivity index (χ0) is 15.2. The first-order chi connectivity index (χ1) is 10.1. The molecule has 0 saturated carbocycles. The lowest BCUT2D eigenvalue weighted by Crippen LogP contribution is -2.14. The lowest BCUT2D eigenvalue weighted by Gasteiger charge is -2.08. The third kappa shape index (κ3) is 4.77. The zero-order valence-corrected chi connectivity index (χ0v) is 13.2. The SMILES string of the molecule is CCCNCc1ccc(Sc2nc(N)cc(=O)[nH]2)cc1Cl. The van der Waals surface area contributed by atoms with Gasteiger partial charge in [-0.15, -0.1) is 0 Å². The van der Waals surface area contributed by atoms with Crippen molar-refractivity contribution < 1.29 is 0 Å². The van der Waals surface area contributed by atoms with Gasteiger partial charge >= 0.3 is 0 Å². The van der Waals surface area contributed by atoms with E-state index in [0.717, 1.165) is 30.0 Å². The lowest BCUT2D eigenvalue weighted by atomic mass is 10.2. The second kappa shape index (κ2) is 7.49. The van der Waals surface area contributed by atoms with Gasteiger partial charge in [0.25, 0.3) is 5.56 Å². The van der Waals surface area contributed by atoms with Gasteiger partial charge in [0, 0.05) is 22.5 Å². The summed E-state index contributed by atoms with van der Waals surface area (Å²) in [5.74, 6) is 0.202. The molecule has 0 bridgehead atoms. The highest BCUT2D eigenvalue weighted by molar-refractivity contribution is 7.99. The molecule has 2 rings (SSSR count). The van der Waals surface area contributed by atoms with Crippen molar-refractivity contribution in [2.45, 2.75) is 29.9 Å². The number of benzene rings is 1. The van der Waals surface area contributed by atoms with Crippen molar-refractivity contribution in [3.63, 3.8) is 0 Å². The minimum Gasteiger partial charge on any atom is -0.383 e. The maximum absolute atomic E-state index is 11.3. The number of nitrogens with zero attached hydrogens (tertiary/aromatic N) is 1. The summed E-state index contributed by atoms with van der Waals surface area (Å²) in [4.78, 5) is 18.9. The van der Waals surface area contributed by atoms with Gasteiger partial charge in [0.2, 0.25) is 0 Å². The molecule has 0 aliphatic rings. The van der Waals surface area contributed by atoms with E-state index >= 15 is 0 Å². The standard InChI is InChI=1S/C14H17ClN4OS/c1-2-5-17-8-9-3-4-10(6-11(9)15)21-14-18-12(16)7-13(20)19-14/h3-4,6-7,17H,2,5,8H2,1H3,(H3,16,18,19,20). The fourth-order valence-electron chi connectivity index (χ4n) is 1.75. The number of nitrogen functional groups attached to an aromatic ring is 1. The van der Waals surface area contributed by atoms with Crippen LogP contribution in [0.15, 0.2) is 39.1 Å². The molecule has 0 fully saturated rings. The van der Waals surface area contributed by atoms with Crippen LogP contribution in [0.5, 0.6) is 0 Å². The molecule has 5 nitrogen and oxygen atoms in total. The van der Waals surface area contributed by atoms with E-state index in [4.69, 9.17) is 17.3 Å². The molecule has 7 heteroatoms. The summed E-state index contributed by atoms with van der Waals surface area (Å²) in [6.45, 7) is 3.82. The van der Waals surface area contributed by atoms with Crippen LogP contribution in [-0.2, 0) is 6.54 Å². The summed E-state index contributed by atoms with van der Waals surface area (Å²) >= 11 is 7.58. The van der Waals surface area contributed by atoms with Crippen LogP contribution in [0.25, 0.3) is 0 Å². The Morgan fingerprint density at radius 1 is 1.43 bits per heavy atom. The molecule has 1 aromatic heterocycles. The number of halogens is 1. The van der Waals surface area contributed by atoms with Crippen LogP contribution >= 0.6 is 23.4 Å². The number of hydrogen-bond donors (Lipinski definition) is 3. The number of hydrogen-bond acceptors (Lipinski definition) is 5. The molecule has 0 radical (unpaired) electrons. The van der Waals surface area contributed by atoms with E-state index in [9.17, 15) is 4.79 Å². The monoisotopic (exact) mass is 324 g/mol. The predicted molar refractivity (Wildman–Crippen MR) is 86.8 cm³/mol. The minimum absolute atomic E-state index is 0.202. The Morgan fingerprint density at radius 2 is 2.24 bits per heavy atom. The fourth-order valence-corrected chi connectivity index (χ4v) is 2.90. The zero-order valence-electron chi connectivity index (χ0n) is 11.6. The van der Waals surface area contributed by atoms with Crippen molar-refractivity contribution in [2.24, 2.45) is 0 Å². The quantitative estimate of drug-likeness (QED) is 0.562. The molecular formula is C14H17ClN4OS. The van der Waals surface area contributed by atoms with Crippen LogP contribution in [0, 0.1) is 0 Å². The molecule has 1 heterocycles. The number of nitrogens with two attached hydrogens (primary N) is 1. The maximum Gasteiger partial charge on any atom is 0.253 e. The Hall–Kier alpha value is -1.50. The average molecular weight is 325 g/mol. The van der Waals surface area contributed by atoms with Crippen LogP contribution in [0.3, 0.4) is 0 Å². The Balaban J connectivity index is 2.10. The Kier molecular flexibility index (Phi) is 5.67. The van der Waals surface area contributed by atoms with Crippen molar-refractivity contribution in [3.8, 4) is 0 Å². The molecule has 0 amide bonds. The van der Waals surface area contributed by atoms with Crippen LogP contribution in [0.1, 0.15) is 18.9 Å². The van der Waals surface area contributed by atoms with Gasteiger partial charge in [-0.3, -0.25) is 4.79 Å². The summed E-state index contributed by atoms with van der Waals surface area (Å²) in [5, 5.41) is 4.45. The van der Waals surface area contributed by atoms with Crippen LogP contribution in [0.2, 0.25) is 5.02 Å². The summed E-state index contributed by atoms with van der Waals surface area (Å²) in [7, 11) is 0. The van der Waals surface area contributed by atoms with E-state index < -0.39 is 0 Å². The maximum atomic E-state index is 11.3. The summed E-state index contributed by atoms with van der Waals surface area (Å²) < 4.78 is 0. The molecule has 21 heavy (non-hydrogen) atoms. The van der Waals surface area contributed by atoms with E-state index in [1.165, 1.54) is 17.8 Å². The lowest BCUT2D eigenvalue weighted by molar-refractivity contribution is 0.675. The number of aromatic amines is 1. The molecule has 0 atom stereocenters. The predicted octanol–water partition coefficient (Wildman–Crippen LogP) is 2.66. The number of nitrogens with one attached hydrogen (secondary N) is 2. The van der Waals surface area contributed by atoms with E-state index in [1.807, 2.05) is 18.2 Å². The Morgan fingerprint density at radius 3 is 2.90 bits per heavy atom. The smallest absolute Gasteiger partial charge is 0.253 e. The van der Waals surface area contributed by atoms with Gasteiger partial charge in [-0.25, -0.2) is 4.98 Å². The third-order valence-corrected chi connectivity index (χ3v) is 3.95. The summed E-state index contributed by atoms with van der Waals surface area (Å²) in [6, 6.07) is 7.03. The highest BCUT2D eigenvalue weighted by atomic mass is 35.5. The molecule has 0 unspecified atom stereocenters. The highest BCUT2D eigenvalue weighted by Crippen LogP contribution is 2.28. The Labute approximate surface area is 132 Å².